The van der Waals surface area contributed by atoms with Crippen LogP contribution in [0.5, 0.6) is 0 Å². The van der Waals surface area contributed by atoms with Gasteiger partial charge in [-0.25, -0.2) is 4.79 Å². The van der Waals surface area contributed by atoms with Crippen molar-refractivity contribution in [1.82, 2.24) is 4.90 Å². The molecule has 0 bridgehead atoms. The summed E-state index contributed by atoms with van der Waals surface area (Å²) in [7, 11) is 0. The first-order chi connectivity index (χ1) is 10.3. The van der Waals surface area contributed by atoms with E-state index < -0.39 is 35.8 Å². The van der Waals surface area contributed by atoms with Crippen molar-refractivity contribution in [2.45, 2.75) is 31.5 Å². The molecule has 6 N–H and O–H groups in total. The largest absolute Gasteiger partial charge is 0.477 e. The zero-order valence-corrected chi connectivity index (χ0v) is 12.1. The third kappa shape index (κ3) is 2.70. The first-order valence-electron chi connectivity index (χ1n) is 6.84. The average molecular weight is 313 g/mol. The lowest BCUT2D eigenvalue weighted by Crippen LogP contribution is -2.61. The van der Waals surface area contributed by atoms with Crippen LogP contribution in [0.2, 0.25) is 0 Å². The predicted molar refractivity (Wildman–Crippen MR) is 73.1 cm³/mol. The highest BCUT2D eigenvalue weighted by molar-refractivity contribution is 5.99. The molecule has 0 radical (unpaired) electrons. The topological polar surface area (TPSA) is 156 Å². The van der Waals surface area contributed by atoms with E-state index in [1.807, 2.05) is 0 Å². The number of carboxylic acid groups (broad SMARTS) is 1. The number of nitrogens with zero attached hydrogens (tertiary/aromatic N) is 1. The monoisotopic (exact) mass is 313 g/mol. The van der Waals surface area contributed by atoms with Gasteiger partial charge in [0, 0.05) is 0 Å². The minimum Gasteiger partial charge on any atom is -0.477 e. The molecule has 2 aliphatic heterocycles. The summed E-state index contributed by atoms with van der Waals surface area (Å²) in [4.78, 5) is 35.3. The van der Waals surface area contributed by atoms with E-state index in [9.17, 15) is 24.6 Å². The third-order valence-electron chi connectivity index (χ3n) is 3.96. The quantitative estimate of drug-likeness (QED) is 0.387. The molecule has 0 aliphatic carbocycles. The zero-order chi connectivity index (χ0) is 16.6. The maximum Gasteiger partial charge on any atom is 0.352 e. The van der Waals surface area contributed by atoms with E-state index in [-0.39, 0.29) is 25.0 Å². The summed E-state index contributed by atoms with van der Waals surface area (Å²) in [6, 6.07) is -1.33. The molecule has 4 unspecified atom stereocenters. The van der Waals surface area contributed by atoms with Crippen molar-refractivity contribution >= 4 is 17.8 Å². The molecule has 2 heterocycles. The van der Waals surface area contributed by atoms with Crippen molar-refractivity contribution < 1.29 is 29.3 Å². The first kappa shape index (κ1) is 16.4. The van der Waals surface area contributed by atoms with E-state index in [1.165, 1.54) is 11.8 Å². The number of carbonyl (C=O) groups is 3. The summed E-state index contributed by atoms with van der Waals surface area (Å²) in [5, 5.41) is 18.9. The lowest BCUT2D eigenvalue weighted by atomic mass is 9.83. The Morgan fingerprint density at radius 1 is 1.50 bits per heavy atom. The lowest BCUT2D eigenvalue weighted by Gasteiger charge is -2.44. The molecule has 0 aromatic rings. The molecule has 4 atom stereocenters. The van der Waals surface area contributed by atoms with Crippen LogP contribution >= 0.6 is 0 Å². The van der Waals surface area contributed by atoms with Crippen LogP contribution in [0.25, 0.3) is 0 Å². The lowest BCUT2D eigenvalue weighted by molar-refractivity contribution is -0.161. The van der Waals surface area contributed by atoms with Gasteiger partial charge in [0.05, 0.1) is 31.3 Å². The molecule has 2 rings (SSSR count). The maximum atomic E-state index is 12.0. The number of aliphatic hydroxyl groups is 1. The van der Waals surface area contributed by atoms with E-state index >= 15 is 0 Å². The fraction of sp³-hybridized carbons (Fsp3) is 0.615. The van der Waals surface area contributed by atoms with Crippen LogP contribution < -0.4 is 11.5 Å². The van der Waals surface area contributed by atoms with Crippen LogP contribution in [0, 0.1) is 5.92 Å². The smallest absolute Gasteiger partial charge is 0.352 e. The molecule has 9 heteroatoms. The summed E-state index contributed by atoms with van der Waals surface area (Å²) >= 11 is 0. The maximum absolute atomic E-state index is 12.0. The molecule has 0 saturated carbocycles. The Bertz CT molecular complexity index is 544. The van der Waals surface area contributed by atoms with Crippen molar-refractivity contribution in [3.63, 3.8) is 0 Å². The number of aliphatic hydroxyl groups excluding tert-OH is 1. The van der Waals surface area contributed by atoms with Gasteiger partial charge in [-0.3, -0.25) is 9.59 Å². The predicted octanol–water partition coefficient (Wildman–Crippen LogP) is -2.23. The minimum atomic E-state index is -1.22. The summed E-state index contributed by atoms with van der Waals surface area (Å²) < 4.78 is 5.23. The van der Waals surface area contributed by atoms with Gasteiger partial charge in [-0.1, -0.05) is 0 Å². The molecule has 0 aromatic heterocycles. The van der Waals surface area contributed by atoms with Gasteiger partial charge in [-0.2, -0.15) is 0 Å². The summed E-state index contributed by atoms with van der Waals surface area (Å²) in [6.45, 7) is 1.31. The Balaban J connectivity index is 2.06. The second-order valence-corrected chi connectivity index (χ2v) is 5.53. The number of primary amides is 1. The average Bonchev–Trinajstić information content (AvgIpc) is 2.72. The molecule has 1 fully saturated rings. The Morgan fingerprint density at radius 3 is 2.64 bits per heavy atom. The number of hydrogen-bond acceptors (Lipinski definition) is 6. The van der Waals surface area contributed by atoms with Gasteiger partial charge >= 0.3 is 5.97 Å². The standard InChI is InChI=1S/C13H19N3O6/c1-5(17)9-8-2-6(3-22-4-7(14)11(15)18)10(13(20)21)16(8)12(9)19/h5,7-9,17H,2-4,14H2,1H3,(H2,15,18)(H,20,21). The molecular weight excluding hydrogens is 294 g/mol. The molecule has 2 amide bonds. The summed E-state index contributed by atoms with van der Waals surface area (Å²) in [5.74, 6) is -2.94. The van der Waals surface area contributed by atoms with Crippen molar-refractivity contribution in [3.05, 3.63) is 11.3 Å². The highest BCUT2D eigenvalue weighted by Gasteiger charge is 2.56. The summed E-state index contributed by atoms with van der Waals surface area (Å²) in [5.41, 5.74) is 10.7. The number of aliphatic carboxylic acids is 1. The zero-order valence-electron chi connectivity index (χ0n) is 12.1. The van der Waals surface area contributed by atoms with E-state index in [1.54, 1.807) is 0 Å². The molecule has 122 valence electrons. The number of β-lactam (4-membered cyclic amide) rings is 1. The van der Waals surface area contributed by atoms with Gasteiger partial charge in [0.15, 0.2) is 0 Å². The number of nitrogens with two attached hydrogens (primary N) is 2. The Labute approximate surface area is 126 Å². The summed E-state index contributed by atoms with van der Waals surface area (Å²) in [6.07, 6.45) is -0.526. The number of rotatable bonds is 7. The van der Waals surface area contributed by atoms with E-state index in [0.29, 0.717) is 12.0 Å². The minimum absolute atomic E-state index is 0.0601. The third-order valence-corrected chi connectivity index (χ3v) is 3.96. The first-order valence-corrected chi connectivity index (χ1v) is 6.84. The molecular formula is C13H19N3O6. The van der Waals surface area contributed by atoms with E-state index in [0.717, 1.165) is 0 Å². The van der Waals surface area contributed by atoms with Gasteiger partial charge in [-0.15, -0.1) is 0 Å². The normalized spacial score (nSPS) is 26.5. The van der Waals surface area contributed by atoms with Gasteiger partial charge in [0.2, 0.25) is 11.8 Å². The van der Waals surface area contributed by atoms with Crippen molar-refractivity contribution in [3.8, 4) is 0 Å². The van der Waals surface area contributed by atoms with Gasteiger partial charge in [0.1, 0.15) is 11.7 Å². The molecule has 0 spiro atoms. The second kappa shape index (κ2) is 6.03. The fourth-order valence-corrected chi connectivity index (χ4v) is 2.88. The van der Waals surface area contributed by atoms with Crippen LogP contribution in [-0.2, 0) is 19.1 Å². The number of fused-ring (bicyclic) bond motifs is 1. The number of amides is 2. The number of ether oxygens (including phenoxy) is 1. The number of hydrogen-bond donors (Lipinski definition) is 4. The van der Waals surface area contributed by atoms with Crippen LogP contribution in [0.1, 0.15) is 13.3 Å². The SMILES string of the molecule is CC(O)C1C(=O)N2C(C(=O)O)=C(COCC(N)C(N)=O)CC12. The van der Waals surface area contributed by atoms with Crippen LogP contribution in [0.15, 0.2) is 11.3 Å². The molecule has 0 aromatic carbocycles. The fourth-order valence-electron chi connectivity index (χ4n) is 2.88. The van der Waals surface area contributed by atoms with Crippen molar-refractivity contribution in [2.24, 2.45) is 17.4 Å². The van der Waals surface area contributed by atoms with Gasteiger partial charge in [-0.05, 0) is 18.9 Å². The number of carboxylic acids is 1. The molecule has 2 aliphatic rings. The van der Waals surface area contributed by atoms with Gasteiger partial charge < -0.3 is 31.3 Å². The molecule has 22 heavy (non-hydrogen) atoms. The van der Waals surface area contributed by atoms with Crippen molar-refractivity contribution in [2.75, 3.05) is 13.2 Å². The Kier molecular flexibility index (Phi) is 4.50. The molecule has 1 saturated heterocycles. The van der Waals surface area contributed by atoms with Crippen LogP contribution in [-0.4, -0.2) is 64.3 Å². The van der Waals surface area contributed by atoms with Crippen LogP contribution in [0.3, 0.4) is 0 Å². The van der Waals surface area contributed by atoms with Crippen molar-refractivity contribution in [1.29, 1.82) is 0 Å². The van der Waals surface area contributed by atoms with Gasteiger partial charge in [0.25, 0.3) is 0 Å². The second-order valence-electron chi connectivity index (χ2n) is 5.53. The Morgan fingerprint density at radius 2 is 2.14 bits per heavy atom. The van der Waals surface area contributed by atoms with E-state index in [4.69, 9.17) is 16.2 Å². The number of carbonyl (C=O) groups excluding carboxylic acids is 2. The molecule has 9 nitrogen and oxygen atoms in total. The highest BCUT2D eigenvalue weighted by atomic mass is 16.5. The Hall–Kier alpha value is -1.97. The van der Waals surface area contributed by atoms with Crippen LogP contribution in [0.4, 0.5) is 0 Å². The van der Waals surface area contributed by atoms with E-state index in [2.05, 4.69) is 0 Å². The highest BCUT2D eigenvalue weighted by Crippen LogP contribution is 2.43.